The number of benzene rings is 2. The van der Waals surface area contributed by atoms with E-state index < -0.39 is 29.5 Å². The summed E-state index contributed by atoms with van der Waals surface area (Å²) < 4.78 is 81.4. The van der Waals surface area contributed by atoms with Crippen LogP contribution in [0.2, 0.25) is 0 Å². The van der Waals surface area contributed by atoms with Crippen molar-refractivity contribution in [3.63, 3.8) is 0 Å². The first kappa shape index (κ1) is 45.8. The van der Waals surface area contributed by atoms with Crippen molar-refractivity contribution in [2.45, 2.75) is 77.3 Å². The largest absolute Gasteiger partial charge is 0.417 e. The molecule has 6 heterocycles. The molecule has 4 atom stereocenters. The number of hydrogen-bond donors (Lipinski definition) is 2. The van der Waals surface area contributed by atoms with Crippen LogP contribution in [0.5, 0.6) is 0 Å². The smallest absolute Gasteiger partial charge is 0.368 e. The van der Waals surface area contributed by atoms with Gasteiger partial charge in [-0.3, -0.25) is 9.59 Å². The number of rotatable bonds is 12. The number of amides is 2. The number of imidazole rings is 1. The summed E-state index contributed by atoms with van der Waals surface area (Å²) in [5, 5.41) is 15.8. The minimum absolute atomic E-state index is 0.0788. The number of aromatic nitrogens is 7. The van der Waals surface area contributed by atoms with E-state index in [9.17, 15) is 35.9 Å². The van der Waals surface area contributed by atoms with Gasteiger partial charge in [0.2, 0.25) is 0 Å². The molecule has 2 aliphatic heterocycles. The zero-order valence-electron chi connectivity index (χ0n) is 36.5. The Kier molecular flexibility index (Phi) is 13.2. The van der Waals surface area contributed by atoms with Crippen molar-refractivity contribution < 1.29 is 35.9 Å². The van der Waals surface area contributed by atoms with E-state index in [1.807, 2.05) is 49.9 Å². The van der Waals surface area contributed by atoms with Crippen molar-refractivity contribution in [2.75, 3.05) is 36.8 Å². The second-order valence-electron chi connectivity index (χ2n) is 17.1. The summed E-state index contributed by atoms with van der Waals surface area (Å²) >= 11 is 0. The maximum atomic E-state index is 14.7. The maximum Gasteiger partial charge on any atom is 0.417 e. The van der Waals surface area contributed by atoms with Gasteiger partial charge in [-0.05, 0) is 106 Å². The van der Waals surface area contributed by atoms with E-state index in [0.717, 1.165) is 48.5 Å². The number of nitrogens with zero attached hydrogens (tertiary/aromatic N) is 9. The molecule has 2 aliphatic rings. The molecule has 19 heteroatoms. The highest BCUT2D eigenvalue weighted by Gasteiger charge is 2.38. The topological polar surface area (TPSA) is 139 Å². The summed E-state index contributed by atoms with van der Waals surface area (Å²) in [6.45, 7) is 7.22. The van der Waals surface area contributed by atoms with Gasteiger partial charge >= 0.3 is 12.4 Å². The van der Waals surface area contributed by atoms with Gasteiger partial charge in [-0.15, -0.1) is 0 Å². The number of halogens is 6. The standard InChI is InChI=1S/C47H49F6N11O2/c1-29-8-12-38(61-19-16-54-28-61)36(20-29)44(65)63-18-5-7-32(41(63)27-58-43-15-11-34(24-56-43)47(51,52)53)22-35-25-59-64(60-35)39-13-9-30(2)21-37(39)45(66)62-17-4-6-31(3)40(62)26-57-42-14-10-33(23-55-42)46(48,49)50/h8-16,19-21,23-25,28,31-32,40-41H,4-7,17-18,22,26-27H2,1-3H3,(H,55,57)(H,56,58). The first-order chi connectivity index (χ1) is 31.5. The second kappa shape index (κ2) is 19.0. The molecule has 2 fully saturated rings. The summed E-state index contributed by atoms with van der Waals surface area (Å²) in [4.78, 5) is 46.5. The normalized spacial score (nSPS) is 19.2. The number of nitrogens with one attached hydrogen (secondary N) is 2. The number of hydrogen-bond acceptors (Lipinski definition) is 9. The monoisotopic (exact) mass is 913 g/mol. The van der Waals surface area contributed by atoms with Crippen LogP contribution in [0.1, 0.15) is 81.3 Å². The minimum Gasteiger partial charge on any atom is -0.368 e. The molecule has 4 unspecified atom stereocenters. The molecular weight excluding hydrogens is 865 g/mol. The second-order valence-corrected chi connectivity index (χ2v) is 17.1. The molecule has 346 valence electrons. The van der Waals surface area contributed by atoms with E-state index in [4.69, 9.17) is 5.10 Å². The van der Waals surface area contributed by atoms with Crippen LogP contribution in [-0.4, -0.2) is 94.4 Å². The van der Waals surface area contributed by atoms with E-state index in [0.29, 0.717) is 60.5 Å². The summed E-state index contributed by atoms with van der Waals surface area (Å²) in [7, 11) is 0. The van der Waals surface area contributed by atoms with Gasteiger partial charge < -0.3 is 25.0 Å². The molecule has 13 nitrogen and oxygen atoms in total. The van der Waals surface area contributed by atoms with Crippen molar-refractivity contribution in [3.05, 3.63) is 137 Å². The van der Waals surface area contributed by atoms with E-state index in [-0.39, 0.29) is 54.4 Å². The Balaban J connectivity index is 1.04. The van der Waals surface area contributed by atoms with E-state index >= 15 is 0 Å². The van der Waals surface area contributed by atoms with Crippen LogP contribution in [0.25, 0.3) is 11.4 Å². The molecule has 0 bridgehead atoms. The Bertz CT molecular complexity index is 2630. The summed E-state index contributed by atoms with van der Waals surface area (Å²) in [5.74, 6) is -0.0299. The van der Waals surface area contributed by atoms with Gasteiger partial charge in [0.15, 0.2) is 0 Å². The molecule has 2 amide bonds. The molecule has 0 spiro atoms. The molecule has 6 aromatic rings. The third-order valence-corrected chi connectivity index (χ3v) is 12.5. The van der Waals surface area contributed by atoms with Crippen molar-refractivity contribution in [2.24, 2.45) is 11.8 Å². The van der Waals surface area contributed by atoms with Gasteiger partial charge in [-0.1, -0.05) is 30.2 Å². The molecule has 0 radical (unpaired) electrons. The number of piperidine rings is 2. The molecule has 2 N–H and O–H groups in total. The highest BCUT2D eigenvalue weighted by atomic mass is 19.4. The Hall–Kier alpha value is -6.79. The van der Waals surface area contributed by atoms with Crippen LogP contribution in [0.3, 0.4) is 0 Å². The SMILES string of the molecule is Cc1ccc(-n2ccnc2)c(C(=O)N2CCCC(Cc3cnn(-c4ccc(C)cc4C(=O)N4CCCC(C)C4CNc4ccc(C(F)(F)F)cn4)n3)C2CNc2ccc(C(F)(F)F)cn2)c1. The Morgan fingerprint density at radius 1 is 0.712 bits per heavy atom. The van der Waals surface area contributed by atoms with Crippen LogP contribution in [-0.2, 0) is 18.8 Å². The lowest BCUT2D eigenvalue weighted by molar-refractivity contribution is -0.138. The average Bonchev–Trinajstić information content (AvgIpc) is 4.01. The average molecular weight is 914 g/mol. The number of carbonyl (C=O) groups excluding carboxylic acids is 2. The van der Waals surface area contributed by atoms with Crippen molar-refractivity contribution in [1.82, 2.24) is 44.3 Å². The van der Waals surface area contributed by atoms with Crippen LogP contribution < -0.4 is 10.6 Å². The zero-order valence-corrected chi connectivity index (χ0v) is 36.5. The number of carbonyl (C=O) groups is 2. The van der Waals surface area contributed by atoms with Crippen molar-refractivity contribution >= 4 is 23.5 Å². The quantitative estimate of drug-likeness (QED) is 0.115. The van der Waals surface area contributed by atoms with Crippen molar-refractivity contribution in [1.29, 1.82) is 0 Å². The molecular formula is C47H49F6N11O2. The van der Waals surface area contributed by atoms with E-state index in [2.05, 4.69) is 30.7 Å². The predicted molar refractivity (Wildman–Crippen MR) is 234 cm³/mol. The van der Waals surface area contributed by atoms with Gasteiger partial charge in [0.1, 0.15) is 11.6 Å². The molecule has 66 heavy (non-hydrogen) atoms. The number of likely N-dealkylation sites (tertiary alicyclic amines) is 2. The highest BCUT2D eigenvalue weighted by molar-refractivity contribution is 5.99. The first-order valence-electron chi connectivity index (χ1n) is 21.8. The third kappa shape index (κ3) is 10.2. The Morgan fingerprint density at radius 3 is 1.83 bits per heavy atom. The lowest BCUT2D eigenvalue weighted by atomic mass is 9.85. The molecule has 0 saturated carbocycles. The summed E-state index contributed by atoms with van der Waals surface area (Å²) in [6, 6.07) is 14.9. The number of pyridine rings is 2. The summed E-state index contributed by atoms with van der Waals surface area (Å²) in [6.07, 6.45) is 2.59. The Labute approximate surface area is 377 Å². The fraction of sp³-hybridized carbons (Fsp3) is 0.383. The molecule has 4 aromatic heterocycles. The van der Waals surface area contributed by atoms with Crippen LogP contribution in [0.4, 0.5) is 38.0 Å². The van der Waals surface area contributed by atoms with Crippen LogP contribution in [0, 0.1) is 25.7 Å². The third-order valence-electron chi connectivity index (χ3n) is 12.5. The first-order valence-corrected chi connectivity index (χ1v) is 21.8. The van der Waals surface area contributed by atoms with E-state index in [1.165, 1.54) is 16.9 Å². The molecule has 2 aromatic carbocycles. The molecule has 8 rings (SSSR count). The number of anilines is 2. The van der Waals surface area contributed by atoms with Crippen LogP contribution >= 0.6 is 0 Å². The fourth-order valence-corrected chi connectivity index (χ4v) is 8.99. The summed E-state index contributed by atoms with van der Waals surface area (Å²) in [5.41, 5.74) is 2.61. The number of alkyl halides is 6. The lowest BCUT2D eigenvalue weighted by Gasteiger charge is -2.42. The van der Waals surface area contributed by atoms with Gasteiger partial charge in [0.25, 0.3) is 11.8 Å². The van der Waals surface area contributed by atoms with Crippen molar-refractivity contribution in [3.8, 4) is 11.4 Å². The Morgan fingerprint density at radius 2 is 1.27 bits per heavy atom. The van der Waals surface area contributed by atoms with Gasteiger partial charge in [0, 0.05) is 51.0 Å². The van der Waals surface area contributed by atoms with Gasteiger partial charge in [-0.25, -0.2) is 15.0 Å². The fourth-order valence-electron chi connectivity index (χ4n) is 8.99. The molecule has 2 saturated heterocycles. The number of aryl methyl sites for hydroxylation is 2. The lowest BCUT2D eigenvalue weighted by Crippen LogP contribution is -2.52. The highest BCUT2D eigenvalue weighted by Crippen LogP contribution is 2.34. The van der Waals surface area contributed by atoms with Gasteiger partial charge in [0.05, 0.1) is 63.9 Å². The van der Waals surface area contributed by atoms with E-state index in [1.54, 1.807) is 46.5 Å². The molecule has 0 aliphatic carbocycles. The minimum atomic E-state index is -4.54. The predicted octanol–water partition coefficient (Wildman–Crippen LogP) is 8.83. The zero-order chi connectivity index (χ0) is 46.8. The van der Waals surface area contributed by atoms with Crippen LogP contribution in [0.15, 0.2) is 98.0 Å². The van der Waals surface area contributed by atoms with Gasteiger partial charge in [-0.2, -0.15) is 41.3 Å². The maximum absolute atomic E-state index is 14.7.